The van der Waals surface area contributed by atoms with Gasteiger partial charge >= 0.3 is 17.2 Å². The van der Waals surface area contributed by atoms with E-state index in [-0.39, 0.29) is 22.6 Å². The van der Waals surface area contributed by atoms with Crippen LogP contribution in [0.1, 0.15) is 17.3 Å². The van der Waals surface area contributed by atoms with Gasteiger partial charge in [0.25, 0.3) is 0 Å². The minimum atomic E-state index is -1.46. The molecule has 0 heterocycles. The molecule has 30 heavy (non-hydrogen) atoms. The molecule has 0 spiro atoms. The van der Waals surface area contributed by atoms with Crippen molar-refractivity contribution in [2.24, 2.45) is 0 Å². The molecule has 8 nitrogen and oxygen atoms in total. The second kappa shape index (κ2) is 9.83. The van der Waals surface area contributed by atoms with Crippen molar-refractivity contribution in [2.75, 3.05) is 5.75 Å². The molecule has 0 bridgehead atoms. The molecule has 0 aliphatic rings. The van der Waals surface area contributed by atoms with E-state index >= 15 is 0 Å². The fourth-order valence-corrected chi connectivity index (χ4v) is 3.05. The predicted octanol–water partition coefficient (Wildman–Crippen LogP) is 3.15. The molecule has 0 saturated carbocycles. The molecule has 0 aliphatic carbocycles. The van der Waals surface area contributed by atoms with Gasteiger partial charge in [-0.1, -0.05) is 6.07 Å². The first-order valence-corrected chi connectivity index (χ1v) is 9.24. The third-order valence-electron chi connectivity index (χ3n) is 3.69. The number of hydrogen-bond donors (Lipinski definition) is 3. The lowest BCUT2D eigenvalue weighted by molar-refractivity contribution is -0.140. The van der Waals surface area contributed by atoms with Gasteiger partial charge in [0.1, 0.15) is 29.0 Å². The standard InChI is InChI=1S/C19H15F2NO7S/c1-9(23)22-15(18(26)27)8-30-19(28)29-16-5-2-10(6-13(16)17(24)25)12-4-3-11(20)7-14(12)21/h2-7,15H,8H2,1H3,(H,22,23)(H,24,25)(H,26,27). The van der Waals surface area contributed by atoms with E-state index in [2.05, 4.69) is 5.32 Å². The molecule has 0 aliphatic heterocycles. The highest BCUT2D eigenvalue weighted by molar-refractivity contribution is 8.13. The van der Waals surface area contributed by atoms with Crippen molar-refractivity contribution in [3.8, 4) is 16.9 Å². The minimum Gasteiger partial charge on any atom is -0.480 e. The highest BCUT2D eigenvalue weighted by atomic mass is 32.2. The summed E-state index contributed by atoms with van der Waals surface area (Å²) >= 11 is 0.423. The van der Waals surface area contributed by atoms with Crippen LogP contribution in [-0.2, 0) is 9.59 Å². The molecule has 1 atom stereocenters. The van der Waals surface area contributed by atoms with Crippen molar-refractivity contribution in [3.05, 3.63) is 53.6 Å². The predicted molar refractivity (Wildman–Crippen MR) is 102 cm³/mol. The number of carboxylic acids is 2. The molecule has 0 fully saturated rings. The quantitative estimate of drug-likeness (QED) is 0.561. The molecule has 2 aromatic rings. The third kappa shape index (κ3) is 6.01. The SMILES string of the molecule is CC(=O)NC(CSC(=O)Oc1ccc(-c2ccc(F)cc2F)cc1C(=O)O)C(=O)O. The Balaban J connectivity index is 2.19. The molecule has 158 valence electrons. The molecule has 0 saturated heterocycles. The monoisotopic (exact) mass is 439 g/mol. The summed E-state index contributed by atoms with van der Waals surface area (Å²) in [5.74, 6) is -5.82. The first-order chi connectivity index (χ1) is 14.1. The molecule has 3 N–H and O–H groups in total. The Morgan fingerprint density at radius 2 is 1.80 bits per heavy atom. The van der Waals surface area contributed by atoms with Gasteiger partial charge in [0.15, 0.2) is 0 Å². The maximum Gasteiger partial charge on any atom is 0.372 e. The normalized spacial score (nSPS) is 11.4. The molecule has 0 aromatic heterocycles. The zero-order chi connectivity index (χ0) is 22.4. The van der Waals surface area contributed by atoms with Crippen LogP contribution in [0.2, 0.25) is 0 Å². The van der Waals surface area contributed by atoms with Crippen LogP contribution in [0.15, 0.2) is 36.4 Å². The number of aliphatic carboxylic acids is 1. The maximum absolute atomic E-state index is 14.0. The van der Waals surface area contributed by atoms with Crippen LogP contribution in [-0.4, -0.2) is 45.2 Å². The van der Waals surface area contributed by atoms with Crippen LogP contribution in [0.5, 0.6) is 5.75 Å². The average molecular weight is 439 g/mol. The summed E-state index contributed by atoms with van der Waals surface area (Å²) in [6.45, 7) is 1.11. The molecular formula is C19H15F2NO7S. The van der Waals surface area contributed by atoms with Crippen LogP contribution in [0.3, 0.4) is 0 Å². The summed E-state index contributed by atoms with van der Waals surface area (Å²) in [5, 5.41) is 19.5. The van der Waals surface area contributed by atoms with Crippen molar-refractivity contribution in [3.63, 3.8) is 0 Å². The van der Waals surface area contributed by atoms with Crippen LogP contribution in [0, 0.1) is 11.6 Å². The Hall–Kier alpha value is -3.47. The Labute approximate surface area is 172 Å². The van der Waals surface area contributed by atoms with E-state index in [1.54, 1.807) is 0 Å². The first-order valence-electron chi connectivity index (χ1n) is 8.25. The summed E-state index contributed by atoms with van der Waals surface area (Å²) in [6, 6.07) is 4.93. The molecule has 0 radical (unpaired) electrons. The fraction of sp³-hybridized carbons (Fsp3) is 0.158. The Morgan fingerprint density at radius 1 is 1.10 bits per heavy atom. The van der Waals surface area contributed by atoms with Gasteiger partial charge < -0.3 is 20.3 Å². The van der Waals surface area contributed by atoms with Crippen molar-refractivity contribution < 1.29 is 42.9 Å². The van der Waals surface area contributed by atoms with Gasteiger partial charge in [-0.3, -0.25) is 4.79 Å². The van der Waals surface area contributed by atoms with Crippen molar-refractivity contribution >= 4 is 34.9 Å². The number of nitrogens with one attached hydrogen (secondary N) is 1. The van der Waals surface area contributed by atoms with Gasteiger partial charge in [0.2, 0.25) is 5.91 Å². The molecular weight excluding hydrogens is 424 g/mol. The van der Waals surface area contributed by atoms with Crippen LogP contribution < -0.4 is 10.1 Å². The van der Waals surface area contributed by atoms with Gasteiger partial charge in [0, 0.05) is 24.3 Å². The number of hydrogen-bond acceptors (Lipinski definition) is 6. The lowest BCUT2D eigenvalue weighted by atomic mass is 10.0. The molecule has 2 rings (SSSR count). The highest BCUT2D eigenvalue weighted by Crippen LogP contribution is 2.30. The Bertz CT molecular complexity index is 1010. The zero-order valence-corrected chi connectivity index (χ0v) is 16.2. The number of halogens is 2. The average Bonchev–Trinajstić information content (AvgIpc) is 2.65. The Morgan fingerprint density at radius 3 is 2.37 bits per heavy atom. The van der Waals surface area contributed by atoms with Crippen molar-refractivity contribution in [2.45, 2.75) is 13.0 Å². The summed E-state index contributed by atoms with van der Waals surface area (Å²) in [7, 11) is 0. The molecule has 11 heteroatoms. The number of carbonyl (C=O) groups excluding carboxylic acids is 2. The lowest BCUT2D eigenvalue weighted by Gasteiger charge is -2.13. The molecule has 1 amide bonds. The molecule has 1 unspecified atom stereocenters. The number of carboxylic acid groups (broad SMARTS) is 2. The lowest BCUT2D eigenvalue weighted by Crippen LogP contribution is -2.41. The van der Waals surface area contributed by atoms with E-state index in [0.717, 1.165) is 31.2 Å². The number of rotatable bonds is 7. The third-order valence-corrected chi connectivity index (χ3v) is 4.51. The van der Waals surface area contributed by atoms with Crippen LogP contribution in [0.4, 0.5) is 13.6 Å². The number of ether oxygens (including phenoxy) is 1. The second-order valence-corrected chi connectivity index (χ2v) is 6.85. The summed E-state index contributed by atoms with van der Waals surface area (Å²) in [6.07, 6.45) is 0. The largest absolute Gasteiger partial charge is 0.480 e. The molecule has 2 aromatic carbocycles. The Kier molecular flexibility index (Phi) is 7.48. The topological polar surface area (TPSA) is 130 Å². The smallest absolute Gasteiger partial charge is 0.372 e. The van der Waals surface area contributed by atoms with E-state index in [4.69, 9.17) is 9.84 Å². The van der Waals surface area contributed by atoms with Crippen LogP contribution in [0.25, 0.3) is 11.1 Å². The van der Waals surface area contributed by atoms with E-state index in [9.17, 15) is 33.1 Å². The summed E-state index contributed by atoms with van der Waals surface area (Å²) in [4.78, 5) is 45.6. The number of benzene rings is 2. The summed E-state index contributed by atoms with van der Waals surface area (Å²) in [5.41, 5.74) is -0.387. The van der Waals surface area contributed by atoms with Crippen molar-refractivity contribution in [1.29, 1.82) is 0 Å². The van der Waals surface area contributed by atoms with E-state index < -0.39 is 46.4 Å². The van der Waals surface area contributed by atoms with Crippen LogP contribution >= 0.6 is 11.8 Å². The zero-order valence-electron chi connectivity index (χ0n) is 15.3. The second-order valence-electron chi connectivity index (χ2n) is 5.89. The number of carbonyl (C=O) groups is 4. The van der Waals surface area contributed by atoms with Crippen molar-refractivity contribution in [1.82, 2.24) is 5.32 Å². The van der Waals surface area contributed by atoms with Gasteiger partial charge in [-0.15, -0.1) is 0 Å². The fourth-order valence-electron chi connectivity index (χ4n) is 2.37. The minimum absolute atomic E-state index is 0.0502. The van der Waals surface area contributed by atoms with Gasteiger partial charge in [0.05, 0.1) is 0 Å². The maximum atomic E-state index is 14.0. The van der Waals surface area contributed by atoms with Gasteiger partial charge in [-0.2, -0.15) is 0 Å². The highest BCUT2D eigenvalue weighted by Gasteiger charge is 2.22. The van der Waals surface area contributed by atoms with E-state index in [1.165, 1.54) is 6.07 Å². The number of thioether (sulfide) groups is 1. The van der Waals surface area contributed by atoms with Gasteiger partial charge in [-0.25, -0.2) is 23.2 Å². The van der Waals surface area contributed by atoms with E-state index in [1.807, 2.05) is 0 Å². The summed E-state index contributed by atoms with van der Waals surface area (Å²) < 4.78 is 32.0. The van der Waals surface area contributed by atoms with E-state index in [0.29, 0.717) is 17.8 Å². The number of amides is 1. The first kappa shape index (κ1) is 22.8. The van der Waals surface area contributed by atoms with Gasteiger partial charge in [-0.05, 0) is 41.6 Å². The number of aromatic carboxylic acids is 1.